The summed E-state index contributed by atoms with van der Waals surface area (Å²) < 4.78 is 5.61. The molecular weight excluding hydrogens is 434 g/mol. The predicted octanol–water partition coefficient (Wildman–Crippen LogP) is 5.04. The summed E-state index contributed by atoms with van der Waals surface area (Å²) in [5, 5.41) is 21.7. The number of benzene rings is 2. The normalized spacial score (nSPS) is 13.9. The Balaban J connectivity index is 1.36. The Bertz CT molecular complexity index is 1160. The monoisotopic (exact) mass is 461 g/mol. The molecule has 2 aromatic carbocycles. The highest BCUT2D eigenvalue weighted by atomic mass is 16.5. The van der Waals surface area contributed by atoms with Gasteiger partial charge in [-0.05, 0) is 49.1 Å². The molecule has 1 saturated carbocycles. The molecule has 8 nitrogen and oxygen atoms in total. The molecule has 1 aromatic heterocycles. The molecule has 0 atom stereocenters. The molecule has 8 heteroatoms. The van der Waals surface area contributed by atoms with Crippen LogP contribution in [0.15, 0.2) is 54.9 Å². The van der Waals surface area contributed by atoms with Gasteiger partial charge >= 0.3 is 5.97 Å². The van der Waals surface area contributed by atoms with Crippen molar-refractivity contribution in [2.24, 2.45) is 5.92 Å². The second kappa shape index (κ2) is 10.8. The van der Waals surface area contributed by atoms with Crippen molar-refractivity contribution < 1.29 is 24.5 Å². The average molecular weight is 462 g/mol. The van der Waals surface area contributed by atoms with Gasteiger partial charge in [-0.15, -0.1) is 0 Å². The SMILES string of the molecule is O=C(CC1CCCCC1)Nc1cccc(-c2ncc(COc3ccc(O)c(C(=O)O)c3)cn2)c1. The Morgan fingerprint density at radius 1 is 1.03 bits per heavy atom. The maximum atomic E-state index is 12.4. The fraction of sp³-hybridized carbons (Fsp3) is 0.308. The lowest BCUT2D eigenvalue weighted by Crippen LogP contribution is -2.18. The van der Waals surface area contributed by atoms with E-state index in [0.717, 1.165) is 24.1 Å². The fourth-order valence-electron chi connectivity index (χ4n) is 4.12. The highest BCUT2D eigenvalue weighted by molar-refractivity contribution is 5.92. The summed E-state index contributed by atoms with van der Waals surface area (Å²) in [4.78, 5) is 32.4. The number of hydrogen-bond acceptors (Lipinski definition) is 6. The number of anilines is 1. The van der Waals surface area contributed by atoms with E-state index in [4.69, 9.17) is 9.84 Å². The summed E-state index contributed by atoms with van der Waals surface area (Å²) in [6.45, 7) is 0.140. The van der Waals surface area contributed by atoms with E-state index in [-0.39, 0.29) is 23.8 Å². The highest BCUT2D eigenvalue weighted by Gasteiger charge is 2.17. The highest BCUT2D eigenvalue weighted by Crippen LogP contribution is 2.27. The molecule has 1 fully saturated rings. The van der Waals surface area contributed by atoms with E-state index in [1.54, 1.807) is 12.4 Å². The van der Waals surface area contributed by atoms with Gasteiger partial charge in [0, 0.05) is 35.6 Å². The first-order chi connectivity index (χ1) is 16.5. The second-order valence-electron chi connectivity index (χ2n) is 8.52. The van der Waals surface area contributed by atoms with Crippen molar-refractivity contribution in [1.29, 1.82) is 0 Å². The number of nitrogens with one attached hydrogen (secondary N) is 1. The van der Waals surface area contributed by atoms with Crippen LogP contribution in [0.25, 0.3) is 11.4 Å². The van der Waals surface area contributed by atoms with Crippen molar-refractivity contribution in [3.63, 3.8) is 0 Å². The molecule has 0 radical (unpaired) electrons. The molecule has 3 aromatic rings. The van der Waals surface area contributed by atoms with Crippen molar-refractivity contribution in [3.05, 3.63) is 66.0 Å². The molecule has 1 aliphatic carbocycles. The van der Waals surface area contributed by atoms with Gasteiger partial charge in [0.05, 0.1) is 0 Å². The van der Waals surface area contributed by atoms with Crippen molar-refractivity contribution in [3.8, 4) is 22.9 Å². The number of ether oxygens (including phenoxy) is 1. The number of aromatic carboxylic acids is 1. The van der Waals surface area contributed by atoms with E-state index in [9.17, 15) is 14.7 Å². The smallest absolute Gasteiger partial charge is 0.339 e. The van der Waals surface area contributed by atoms with Crippen LogP contribution in [0.2, 0.25) is 0 Å². The van der Waals surface area contributed by atoms with Crippen LogP contribution in [-0.2, 0) is 11.4 Å². The third-order valence-electron chi connectivity index (χ3n) is 5.91. The Hall–Kier alpha value is -3.94. The Kier molecular flexibility index (Phi) is 7.37. The van der Waals surface area contributed by atoms with Gasteiger partial charge in [-0.25, -0.2) is 14.8 Å². The standard InChI is InChI=1S/C26H27N3O5/c30-23-10-9-21(13-22(23)26(32)33)34-16-18-14-27-25(28-15-18)19-7-4-8-20(12-19)29-24(31)11-17-5-2-1-3-6-17/h4,7-10,12-15,17,30H,1-3,5-6,11,16H2,(H,29,31)(H,32,33). The molecule has 1 amide bonds. The number of phenols is 1. The predicted molar refractivity (Wildman–Crippen MR) is 127 cm³/mol. The number of amides is 1. The van der Waals surface area contributed by atoms with Crippen LogP contribution in [0, 0.1) is 5.92 Å². The number of carboxylic acid groups (broad SMARTS) is 1. The van der Waals surface area contributed by atoms with Crippen molar-refractivity contribution in [2.45, 2.75) is 45.1 Å². The van der Waals surface area contributed by atoms with Crippen LogP contribution in [0.4, 0.5) is 5.69 Å². The first-order valence-corrected chi connectivity index (χ1v) is 11.4. The third-order valence-corrected chi connectivity index (χ3v) is 5.91. The molecule has 3 N–H and O–H groups in total. The largest absolute Gasteiger partial charge is 0.507 e. The topological polar surface area (TPSA) is 122 Å². The van der Waals surface area contributed by atoms with Crippen LogP contribution in [0.3, 0.4) is 0 Å². The second-order valence-corrected chi connectivity index (χ2v) is 8.52. The summed E-state index contributed by atoms with van der Waals surface area (Å²) in [5.41, 5.74) is 1.98. The first-order valence-electron chi connectivity index (χ1n) is 11.4. The summed E-state index contributed by atoms with van der Waals surface area (Å²) in [6, 6.07) is 11.5. The van der Waals surface area contributed by atoms with Gasteiger partial charge in [-0.2, -0.15) is 0 Å². The van der Waals surface area contributed by atoms with Crippen LogP contribution in [-0.4, -0.2) is 32.1 Å². The van der Waals surface area contributed by atoms with Crippen LogP contribution < -0.4 is 10.1 Å². The van der Waals surface area contributed by atoms with E-state index < -0.39 is 5.97 Å². The summed E-state index contributed by atoms with van der Waals surface area (Å²) in [6.07, 6.45) is 9.78. The number of carbonyl (C=O) groups is 2. The van der Waals surface area contributed by atoms with Gasteiger partial charge in [-0.1, -0.05) is 31.4 Å². The van der Waals surface area contributed by atoms with E-state index in [1.807, 2.05) is 24.3 Å². The molecule has 34 heavy (non-hydrogen) atoms. The van der Waals surface area contributed by atoms with Crippen LogP contribution in [0.1, 0.15) is 54.4 Å². The first kappa shape index (κ1) is 23.2. The number of aromatic nitrogens is 2. The Morgan fingerprint density at radius 2 is 1.79 bits per heavy atom. The minimum atomic E-state index is -1.23. The zero-order valence-electron chi connectivity index (χ0n) is 18.7. The Labute approximate surface area is 197 Å². The quantitative estimate of drug-likeness (QED) is 0.430. The number of nitrogens with zero attached hydrogens (tertiary/aromatic N) is 2. The number of rotatable bonds is 8. The molecule has 1 aliphatic rings. The van der Waals surface area contributed by atoms with Gasteiger partial charge in [0.15, 0.2) is 5.82 Å². The lowest BCUT2D eigenvalue weighted by Gasteiger charge is -2.20. The lowest BCUT2D eigenvalue weighted by molar-refractivity contribution is -0.117. The fourth-order valence-corrected chi connectivity index (χ4v) is 4.12. The van der Waals surface area contributed by atoms with E-state index >= 15 is 0 Å². The van der Waals surface area contributed by atoms with Gasteiger partial charge in [-0.3, -0.25) is 4.79 Å². The molecular formula is C26H27N3O5. The lowest BCUT2D eigenvalue weighted by atomic mass is 9.87. The van der Waals surface area contributed by atoms with Crippen LogP contribution >= 0.6 is 0 Å². The van der Waals surface area contributed by atoms with E-state index in [0.29, 0.717) is 29.5 Å². The summed E-state index contributed by atoms with van der Waals surface area (Å²) in [5.74, 6) is -0.200. The Morgan fingerprint density at radius 3 is 2.53 bits per heavy atom. The minimum absolute atomic E-state index is 0.0396. The van der Waals surface area contributed by atoms with Gasteiger partial charge in [0.2, 0.25) is 5.91 Å². The molecule has 0 spiro atoms. The molecule has 1 heterocycles. The van der Waals surface area contributed by atoms with E-state index in [2.05, 4.69) is 15.3 Å². The van der Waals surface area contributed by atoms with Crippen LogP contribution in [0.5, 0.6) is 11.5 Å². The molecule has 176 valence electrons. The maximum absolute atomic E-state index is 12.4. The zero-order chi connectivity index (χ0) is 23.9. The minimum Gasteiger partial charge on any atom is -0.507 e. The number of carbonyl (C=O) groups excluding carboxylic acids is 1. The summed E-state index contributed by atoms with van der Waals surface area (Å²) >= 11 is 0. The van der Waals surface area contributed by atoms with Crippen molar-refractivity contribution in [1.82, 2.24) is 9.97 Å². The molecule has 0 bridgehead atoms. The van der Waals surface area contributed by atoms with Gasteiger partial charge < -0.3 is 20.3 Å². The zero-order valence-corrected chi connectivity index (χ0v) is 18.7. The number of aromatic hydroxyl groups is 1. The van der Waals surface area contributed by atoms with Gasteiger partial charge in [0.25, 0.3) is 0 Å². The van der Waals surface area contributed by atoms with E-state index in [1.165, 1.54) is 37.5 Å². The van der Waals surface area contributed by atoms with Crippen molar-refractivity contribution >= 4 is 17.6 Å². The molecule has 0 saturated heterocycles. The van der Waals surface area contributed by atoms with Gasteiger partial charge in [0.1, 0.15) is 23.7 Å². The number of carboxylic acids is 1. The molecule has 4 rings (SSSR count). The maximum Gasteiger partial charge on any atom is 0.339 e. The third kappa shape index (κ3) is 6.10. The summed E-state index contributed by atoms with van der Waals surface area (Å²) in [7, 11) is 0. The van der Waals surface area contributed by atoms with Crippen molar-refractivity contribution in [2.75, 3.05) is 5.32 Å². The number of hydrogen-bond donors (Lipinski definition) is 3. The molecule has 0 aliphatic heterocycles. The average Bonchev–Trinajstić information content (AvgIpc) is 2.84. The molecule has 0 unspecified atom stereocenters.